The van der Waals surface area contributed by atoms with Crippen molar-refractivity contribution in [2.75, 3.05) is 12.4 Å². The first kappa shape index (κ1) is 19.4. The molecule has 25 heavy (non-hydrogen) atoms. The number of benzene rings is 2. The molecule has 0 aliphatic carbocycles. The number of hydrogen-bond donors (Lipinski definition) is 2. The fourth-order valence-corrected chi connectivity index (χ4v) is 3.07. The lowest BCUT2D eigenvalue weighted by Crippen LogP contribution is -2.08. The zero-order valence-corrected chi connectivity index (χ0v) is 16.4. The zero-order chi connectivity index (χ0) is 18.6. The number of ether oxygens (including phenoxy) is 2. The van der Waals surface area contributed by atoms with Crippen LogP contribution in [0.3, 0.4) is 0 Å². The second-order valence-corrected chi connectivity index (χ2v) is 6.89. The van der Waals surface area contributed by atoms with Gasteiger partial charge in [-0.3, -0.25) is 0 Å². The zero-order valence-electron chi connectivity index (χ0n) is 14.1. The Morgan fingerprint density at radius 2 is 2.04 bits per heavy atom. The summed E-state index contributed by atoms with van der Waals surface area (Å²) in [5.41, 5.74) is 1.78. The van der Waals surface area contributed by atoms with Gasteiger partial charge in [-0.25, -0.2) is 4.79 Å². The number of carboxylic acid groups (broad SMARTS) is 1. The van der Waals surface area contributed by atoms with Gasteiger partial charge in [0.05, 0.1) is 28.3 Å². The van der Waals surface area contributed by atoms with E-state index in [2.05, 4.69) is 21.2 Å². The molecule has 0 saturated heterocycles. The quantitative estimate of drug-likeness (QED) is 0.634. The van der Waals surface area contributed by atoms with E-state index in [4.69, 9.17) is 26.2 Å². The van der Waals surface area contributed by atoms with Crippen molar-refractivity contribution in [3.8, 4) is 11.5 Å². The van der Waals surface area contributed by atoms with Crippen molar-refractivity contribution in [2.24, 2.45) is 0 Å². The number of aromatic carboxylic acids is 1. The molecule has 0 fully saturated rings. The Bertz CT molecular complexity index is 780. The van der Waals surface area contributed by atoms with Crippen LogP contribution in [0, 0.1) is 0 Å². The number of nitrogens with one attached hydrogen (secondary N) is 1. The lowest BCUT2D eigenvalue weighted by Gasteiger charge is -2.17. The van der Waals surface area contributed by atoms with Crippen molar-refractivity contribution in [1.82, 2.24) is 0 Å². The third-order valence-electron chi connectivity index (χ3n) is 3.34. The molecular formula is C18H19BrClNO4. The fourth-order valence-electron chi connectivity index (χ4n) is 2.23. The summed E-state index contributed by atoms with van der Waals surface area (Å²) in [6.07, 6.45) is 0.0315. The molecule has 134 valence electrons. The number of rotatable bonds is 7. The number of carboxylic acids is 1. The number of hydrogen-bond acceptors (Lipinski definition) is 4. The molecule has 0 radical (unpaired) electrons. The van der Waals surface area contributed by atoms with Gasteiger partial charge in [0, 0.05) is 12.2 Å². The van der Waals surface area contributed by atoms with Crippen LogP contribution in [0.25, 0.3) is 0 Å². The predicted molar refractivity (Wildman–Crippen MR) is 102 cm³/mol. The minimum absolute atomic E-state index is 0.0315. The van der Waals surface area contributed by atoms with Gasteiger partial charge in [0.2, 0.25) is 0 Å². The molecule has 0 heterocycles. The van der Waals surface area contributed by atoms with Crippen molar-refractivity contribution >= 4 is 39.2 Å². The summed E-state index contributed by atoms with van der Waals surface area (Å²) in [5.74, 6) is 0.250. The van der Waals surface area contributed by atoms with E-state index in [1.165, 1.54) is 6.07 Å². The maximum absolute atomic E-state index is 11.0. The van der Waals surface area contributed by atoms with Gasteiger partial charge < -0.3 is 19.9 Å². The van der Waals surface area contributed by atoms with E-state index in [9.17, 15) is 4.79 Å². The Kier molecular flexibility index (Phi) is 6.56. The highest BCUT2D eigenvalue weighted by atomic mass is 79.9. The lowest BCUT2D eigenvalue weighted by atomic mass is 10.1. The summed E-state index contributed by atoms with van der Waals surface area (Å²) in [6.45, 7) is 4.41. The minimum Gasteiger partial charge on any atom is -0.493 e. The number of anilines is 1. The second-order valence-electron chi connectivity index (χ2n) is 5.63. The molecule has 0 spiro atoms. The standard InChI is InChI=1S/C18H19BrClNO4/c1-10(2)25-17-14(19)6-11(7-16(17)24-3)9-21-12-4-5-13(18(22)23)15(20)8-12/h4-8,10,21H,9H2,1-3H3,(H,22,23). The molecule has 0 aromatic heterocycles. The molecule has 7 heteroatoms. The van der Waals surface area contributed by atoms with Crippen LogP contribution in [0.2, 0.25) is 5.02 Å². The van der Waals surface area contributed by atoms with Crippen LogP contribution >= 0.6 is 27.5 Å². The van der Waals surface area contributed by atoms with E-state index in [1.807, 2.05) is 26.0 Å². The molecule has 0 bridgehead atoms. The van der Waals surface area contributed by atoms with E-state index < -0.39 is 5.97 Å². The van der Waals surface area contributed by atoms with Crippen LogP contribution in [0.4, 0.5) is 5.69 Å². The maximum atomic E-state index is 11.0. The molecule has 0 aliphatic heterocycles. The number of methoxy groups -OCH3 is 1. The summed E-state index contributed by atoms with van der Waals surface area (Å²) in [4.78, 5) is 11.0. The molecule has 2 aromatic carbocycles. The Morgan fingerprint density at radius 3 is 2.60 bits per heavy atom. The summed E-state index contributed by atoms with van der Waals surface area (Å²) in [5, 5.41) is 12.4. The first-order valence-corrected chi connectivity index (χ1v) is 8.78. The van der Waals surface area contributed by atoms with Crippen molar-refractivity contribution in [3.63, 3.8) is 0 Å². The Hall–Kier alpha value is -1.92. The normalized spacial score (nSPS) is 10.6. The van der Waals surface area contributed by atoms with Crippen LogP contribution in [0.1, 0.15) is 29.8 Å². The molecule has 0 unspecified atom stereocenters. The highest BCUT2D eigenvalue weighted by molar-refractivity contribution is 9.10. The number of carbonyl (C=O) groups is 1. The smallest absolute Gasteiger partial charge is 0.337 e. The molecular weight excluding hydrogens is 410 g/mol. The van der Waals surface area contributed by atoms with E-state index in [0.717, 1.165) is 15.7 Å². The average molecular weight is 429 g/mol. The van der Waals surface area contributed by atoms with E-state index in [0.29, 0.717) is 18.0 Å². The minimum atomic E-state index is -1.05. The van der Waals surface area contributed by atoms with Gasteiger partial charge in [-0.05, 0) is 65.7 Å². The van der Waals surface area contributed by atoms with Gasteiger partial charge >= 0.3 is 5.97 Å². The molecule has 2 rings (SSSR count). The summed E-state index contributed by atoms with van der Waals surface area (Å²) < 4.78 is 12.0. The molecule has 2 N–H and O–H groups in total. The summed E-state index contributed by atoms with van der Waals surface area (Å²) >= 11 is 9.49. The summed E-state index contributed by atoms with van der Waals surface area (Å²) in [6, 6.07) is 8.58. The average Bonchev–Trinajstić information content (AvgIpc) is 2.54. The van der Waals surface area contributed by atoms with Gasteiger partial charge in [-0.2, -0.15) is 0 Å². The first-order valence-electron chi connectivity index (χ1n) is 7.61. The van der Waals surface area contributed by atoms with E-state index in [1.54, 1.807) is 19.2 Å². The Morgan fingerprint density at radius 1 is 1.32 bits per heavy atom. The van der Waals surface area contributed by atoms with Crippen LogP contribution < -0.4 is 14.8 Å². The van der Waals surface area contributed by atoms with Gasteiger partial charge in [-0.1, -0.05) is 11.6 Å². The van der Waals surface area contributed by atoms with Crippen molar-refractivity contribution in [1.29, 1.82) is 0 Å². The molecule has 2 aromatic rings. The molecule has 0 saturated carbocycles. The predicted octanol–water partition coefficient (Wildman–Crippen LogP) is 5.21. The largest absolute Gasteiger partial charge is 0.493 e. The van der Waals surface area contributed by atoms with Crippen molar-refractivity contribution in [2.45, 2.75) is 26.5 Å². The van der Waals surface area contributed by atoms with Gasteiger partial charge in [0.25, 0.3) is 0 Å². The topological polar surface area (TPSA) is 67.8 Å². The summed E-state index contributed by atoms with van der Waals surface area (Å²) in [7, 11) is 1.59. The van der Waals surface area contributed by atoms with Crippen LogP contribution in [0.15, 0.2) is 34.8 Å². The maximum Gasteiger partial charge on any atom is 0.337 e. The van der Waals surface area contributed by atoms with Crippen LogP contribution in [-0.2, 0) is 6.54 Å². The third-order valence-corrected chi connectivity index (χ3v) is 4.24. The third kappa shape index (κ3) is 5.03. The molecule has 0 aliphatic rings. The highest BCUT2D eigenvalue weighted by Gasteiger charge is 2.13. The monoisotopic (exact) mass is 427 g/mol. The lowest BCUT2D eigenvalue weighted by molar-refractivity contribution is 0.0697. The van der Waals surface area contributed by atoms with E-state index in [-0.39, 0.29) is 16.7 Å². The van der Waals surface area contributed by atoms with Crippen LogP contribution in [-0.4, -0.2) is 24.3 Å². The second kappa shape index (κ2) is 8.45. The highest BCUT2D eigenvalue weighted by Crippen LogP contribution is 2.37. The van der Waals surface area contributed by atoms with Gasteiger partial charge in [0.15, 0.2) is 11.5 Å². The Labute approximate surface area is 160 Å². The molecule has 0 amide bonds. The number of halogens is 2. The van der Waals surface area contributed by atoms with Gasteiger partial charge in [-0.15, -0.1) is 0 Å². The fraction of sp³-hybridized carbons (Fsp3) is 0.278. The van der Waals surface area contributed by atoms with Gasteiger partial charge in [0.1, 0.15) is 0 Å². The van der Waals surface area contributed by atoms with E-state index >= 15 is 0 Å². The van der Waals surface area contributed by atoms with Crippen LogP contribution in [0.5, 0.6) is 11.5 Å². The SMILES string of the molecule is COc1cc(CNc2ccc(C(=O)O)c(Cl)c2)cc(Br)c1OC(C)C. The Balaban J connectivity index is 2.17. The van der Waals surface area contributed by atoms with Crippen molar-refractivity contribution in [3.05, 3.63) is 51.0 Å². The molecule has 0 atom stereocenters. The molecule has 5 nitrogen and oxygen atoms in total. The van der Waals surface area contributed by atoms with Crippen molar-refractivity contribution < 1.29 is 19.4 Å². The first-order chi connectivity index (χ1) is 11.8.